The van der Waals surface area contributed by atoms with Gasteiger partial charge in [0.05, 0.1) is 0 Å². The number of halogens is 3. The highest BCUT2D eigenvalue weighted by atomic mass is 32.2. The smallest absolute Gasteiger partial charge is 0.311 e. The van der Waals surface area contributed by atoms with E-state index in [9.17, 15) is 21.6 Å². The van der Waals surface area contributed by atoms with Crippen molar-refractivity contribution in [2.75, 3.05) is 52.4 Å². The molecule has 1 atom stereocenters. The summed E-state index contributed by atoms with van der Waals surface area (Å²) in [5, 5.41) is 3.18. The molecule has 10 heteroatoms. The van der Waals surface area contributed by atoms with Gasteiger partial charge in [-0.3, -0.25) is 0 Å². The van der Waals surface area contributed by atoms with Crippen LogP contribution in [0.1, 0.15) is 34.1 Å². The minimum Gasteiger partial charge on any atom is -0.311 e. The number of alkyl halides is 3. The van der Waals surface area contributed by atoms with Crippen molar-refractivity contribution in [1.29, 1.82) is 0 Å². The summed E-state index contributed by atoms with van der Waals surface area (Å²) >= 11 is 0. The van der Waals surface area contributed by atoms with Crippen LogP contribution in [0.2, 0.25) is 0 Å². The van der Waals surface area contributed by atoms with Crippen molar-refractivity contribution in [1.82, 2.24) is 19.8 Å². The van der Waals surface area contributed by atoms with Crippen molar-refractivity contribution in [3.63, 3.8) is 0 Å². The molecule has 0 heterocycles. The summed E-state index contributed by atoms with van der Waals surface area (Å²) in [7, 11) is -5.27. The van der Waals surface area contributed by atoms with Gasteiger partial charge in [-0.25, -0.2) is 13.1 Å². The van der Waals surface area contributed by atoms with Gasteiger partial charge in [0.2, 0.25) is 0 Å². The Morgan fingerprint density at radius 1 is 0.920 bits per heavy atom. The average Bonchev–Trinajstić information content (AvgIpc) is 2.55. The van der Waals surface area contributed by atoms with Crippen LogP contribution in [0.5, 0.6) is 0 Å². The number of sulfonamides is 1. The summed E-state index contributed by atoms with van der Waals surface area (Å²) in [6.07, 6.45) is 0.851. The number of likely N-dealkylation sites (N-methyl/N-ethyl adjacent to an activating group) is 1. The van der Waals surface area contributed by atoms with Crippen LogP contribution < -0.4 is 10.0 Å². The number of nitrogens with one attached hydrogen (secondary N) is 2. The van der Waals surface area contributed by atoms with Crippen LogP contribution in [-0.2, 0) is 10.0 Å². The van der Waals surface area contributed by atoms with E-state index in [0.717, 1.165) is 45.7 Å². The van der Waals surface area contributed by atoms with Crippen LogP contribution in [0.15, 0.2) is 0 Å². The Morgan fingerprint density at radius 2 is 1.44 bits per heavy atom. The zero-order valence-corrected chi connectivity index (χ0v) is 16.5. The Hall–Kier alpha value is -0.420. The maximum Gasteiger partial charge on any atom is 0.511 e. The van der Waals surface area contributed by atoms with Gasteiger partial charge in [-0.15, -0.1) is 0 Å². The van der Waals surface area contributed by atoms with Gasteiger partial charge in [0.15, 0.2) is 0 Å². The predicted octanol–water partition coefficient (Wildman–Crippen LogP) is 1.46. The molecular formula is C15H33F3N4O2S. The van der Waals surface area contributed by atoms with Crippen molar-refractivity contribution >= 4 is 10.0 Å². The monoisotopic (exact) mass is 390 g/mol. The van der Waals surface area contributed by atoms with Crippen LogP contribution in [0.25, 0.3) is 0 Å². The number of hydrogen-bond donors (Lipinski definition) is 2. The topological polar surface area (TPSA) is 64.7 Å². The molecule has 0 aromatic rings. The summed E-state index contributed by atoms with van der Waals surface area (Å²) in [6, 6.07) is 0.0934. The minimum atomic E-state index is -5.27. The third-order valence-electron chi connectivity index (χ3n) is 4.22. The minimum absolute atomic E-state index is 0.0934. The molecule has 0 saturated heterocycles. The number of hydrogen-bond acceptors (Lipinski definition) is 5. The lowest BCUT2D eigenvalue weighted by Gasteiger charge is -2.28. The van der Waals surface area contributed by atoms with Crippen LogP contribution in [-0.4, -0.2) is 82.1 Å². The zero-order valence-electron chi connectivity index (χ0n) is 15.7. The van der Waals surface area contributed by atoms with Gasteiger partial charge in [0.1, 0.15) is 0 Å². The Labute approximate surface area is 150 Å². The molecular weight excluding hydrogens is 357 g/mol. The van der Waals surface area contributed by atoms with Crippen molar-refractivity contribution < 1.29 is 21.6 Å². The second kappa shape index (κ2) is 12.1. The largest absolute Gasteiger partial charge is 0.511 e. The Kier molecular flexibility index (Phi) is 11.9. The van der Waals surface area contributed by atoms with E-state index in [0.29, 0.717) is 0 Å². The molecule has 0 spiro atoms. The van der Waals surface area contributed by atoms with E-state index in [-0.39, 0.29) is 19.1 Å². The molecule has 25 heavy (non-hydrogen) atoms. The molecule has 0 aromatic carbocycles. The molecule has 0 aromatic heterocycles. The number of nitrogens with zero attached hydrogens (tertiary/aromatic N) is 2. The van der Waals surface area contributed by atoms with E-state index in [1.54, 1.807) is 4.72 Å². The first-order valence-corrected chi connectivity index (χ1v) is 10.3. The molecule has 1 unspecified atom stereocenters. The normalized spacial score (nSPS) is 14.4. The van der Waals surface area contributed by atoms with Crippen molar-refractivity contribution in [2.45, 2.75) is 45.7 Å². The fourth-order valence-corrected chi connectivity index (χ4v) is 3.01. The standard InChI is InChI=1S/C15H33F3N4O2S/c1-5-21(6-2)12-9-14(13-22(7-3)8-4)19-10-11-20-25(23,24)15(16,17)18/h14,19-20H,5-13H2,1-4H3. The summed E-state index contributed by atoms with van der Waals surface area (Å²) in [4.78, 5) is 4.52. The fraction of sp³-hybridized carbons (Fsp3) is 1.00. The lowest BCUT2D eigenvalue weighted by atomic mass is 10.1. The predicted molar refractivity (Wildman–Crippen MR) is 95.0 cm³/mol. The molecule has 0 rings (SSSR count). The molecule has 6 nitrogen and oxygen atoms in total. The maximum absolute atomic E-state index is 12.3. The third kappa shape index (κ3) is 9.74. The fourth-order valence-electron chi connectivity index (χ4n) is 2.47. The lowest BCUT2D eigenvalue weighted by Crippen LogP contribution is -2.46. The van der Waals surface area contributed by atoms with Crippen LogP contribution in [0.4, 0.5) is 13.2 Å². The van der Waals surface area contributed by atoms with E-state index in [1.165, 1.54) is 0 Å². The van der Waals surface area contributed by atoms with Crippen LogP contribution in [0.3, 0.4) is 0 Å². The highest BCUT2D eigenvalue weighted by Crippen LogP contribution is 2.21. The van der Waals surface area contributed by atoms with Crippen LogP contribution >= 0.6 is 0 Å². The summed E-state index contributed by atoms with van der Waals surface area (Å²) in [6.45, 7) is 13.5. The van der Waals surface area contributed by atoms with Gasteiger partial charge in [-0.1, -0.05) is 27.7 Å². The molecule has 0 aliphatic rings. The Morgan fingerprint density at radius 3 is 1.88 bits per heavy atom. The molecule has 0 bridgehead atoms. The Balaban J connectivity index is 4.52. The summed E-state index contributed by atoms with van der Waals surface area (Å²) in [5.74, 6) is 0. The zero-order chi connectivity index (χ0) is 19.5. The first kappa shape index (κ1) is 24.6. The quantitative estimate of drug-likeness (QED) is 0.440. The van der Waals surface area contributed by atoms with Crippen molar-refractivity contribution in [3.05, 3.63) is 0 Å². The van der Waals surface area contributed by atoms with E-state index >= 15 is 0 Å². The molecule has 0 aliphatic heterocycles. The lowest BCUT2D eigenvalue weighted by molar-refractivity contribution is -0.0447. The molecule has 2 N–H and O–H groups in total. The van der Waals surface area contributed by atoms with Gasteiger partial charge in [-0.2, -0.15) is 13.2 Å². The molecule has 0 saturated carbocycles. The Bertz CT molecular complexity index is 439. The second-order valence-electron chi connectivity index (χ2n) is 5.80. The summed E-state index contributed by atoms with van der Waals surface area (Å²) < 4.78 is 60.4. The van der Waals surface area contributed by atoms with E-state index in [2.05, 4.69) is 42.8 Å². The van der Waals surface area contributed by atoms with E-state index in [1.807, 2.05) is 0 Å². The van der Waals surface area contributed by atoms with Crippen molar-refractivity contribution in [2.24, 2.45) is 0 Å². The van der Waals surface area contributed by atoms with Crippen molar-refractivity contribution in [3.8, 4) is 0 Å². The maximum atomic E-state index is 12.3. The molecule has 0 fully saturated rings. The van der Waals surface area contributed by atoms with Gasteiger partial charge < -0.3 is 15.1 Å². The van der Waals surface area contributed by atoms with E-state index < -0.39 is 15.5 Å². The third-order valence-corrected chi connectivity index (χ3v) is 5.41. The van der Waals surface area contributed by atoms with Gasteiger partial charge in [0.25, 0.3) is 0 Å². The first-order valence-electron chi connectivity index (χ1n) is 8.85. The highest BCUT2D eigenvalue weighted by Gasteiger charge is 2.45. The molecule has 152 valence electrons. The van der Waals surface area contributed by atoms with Gasteiger partial charge >= 0.3 is 15.5 Å². The summed E-state index contributed by atoms with van der Waals surface area (Å²) in [5.41, 5.74) is -5.27. The molecule has 0 radical (unpaired) electrons. The SMILES string of the molecule is CCN(CC)CCC(CN(CC)CC)NCCNS(=O)(=O)C(F)(F)F. The van der Waals surface area contributed by atoms with Gasteiger partial charge in [0, 0.05) is 25.7 Å². The van der Waals surface area contributed by atoms with E-state index in [4.69, 9.17) is 0 Å². The second-order valence-corrected chi connectivity index (χ2v) is 7.55. The number of rotatable bonds is 14. The molecule has 0 aliphatic carbocycles. The van der Waals surface area contributed by atoms with Gasteiger partial charge in [-0.05, 0) is 39.1 Å². The van der Waals surface area contributed by atoms with Crippen LogP contribution in [0, 0.1) is 0 Å². The first-order chi connectivity index (χ1) is 11.6. The average molecular weight is 391 g/mol. The molecule has 0 amide bonds. The highest BCUT2D eigenvalue weighted by molar-refractivity contribution is 7.90.